The van der Waals surface area contributed by atoms with Gasteiger partial charge in [0.15, 0.2) is 11.5 Å². The maximum Gasteiger partial charge on any atom is 0.161 e. The molecule has 134 valence electrons. The number of hydrogen-bond donors (Lipinski definition) is 1. The van der Waals surface area contributed by atoms with Crippen LogP contribution < -0.4 is 9.47 Å². The van der Waals surface area contributed by atoms with Crippen LogP contribution in [0.4, 0.5) is 0 Å². The monoisotopic (exact) mass is 334 g/mol. The highest BCUT2D eigenvalue weighted by Crippen LogP contribution is 2.31. The molecule has 0 aliphatic carbocycles. The van der Waals surface area contributed by atoms with E-state index in [1.54, 1.807) is 0 Å². The molecule has 2 aliphatic heterocycles. The number of benzene rings is 1. The molecule has 5 nitrogen and oxygen atoms in total. The van der Waals surface area contributed by atoms with Gasteiger partial charge in [0.05, 0.1) is 0 Å². The molecule has 1 saturated heterocycles. The van der Waals surface area contributed by atoms with Gasteiger partial charge in [-0.05, 0) is 30.0 Å². The summed E-state index contributed by atoms with van der Waals surface area (Å²) in [5.74, 6) is 2.38. The van der Waals surface area contributed by atoms with E-state index in [1.165, 1.54) is 5.56 Å². The number of aliphatic hydroxyl groups excluding tert-OH is 1. The molecule has 0 bridgehead atoms. The Morgan fingerprint density at radius 2 is 1.96 bits per heavy atom. The second-order valence-electron chi connectivity index (χ2n) is 7.27. The highest BCUT2D eigenvalue weighted by Gasteiger charge is 2.27. The van der Waals surface area contributed by atoms with Gasteiger partial charge in [-0.3, -0.25) is 9.80 Å². The topological polar surface area (TPSA) is 45.2 Å². The summed E-state index contributed by atoms with van der Waals surface area (Å²) in [4.78, 5) is 5.03. The summed E-state index contributed by atoms with van der Waals surface area (Å²) >= 11 is 0. The van der Waals surface area contributed by atoms with Crippen molar-refractivity contribution < 1.29 is 14.6 Å². The van der Waals surface area contributed by atoms with Crippen molar-refractivity contribution in [3.8, 4) is 11.5 Å². The zero-order chi connectivity index (χ0) is 16.9. The standard InChI is InChI=1S/C19H30N2O3/c1-15(2)12-21-7-6-20(14-17(21)5-8-22)13-16-3-4-18-19(11-16)24-10-9-23-18/h3-4,11,15,17,22H,5-10,12-14H2,1-2H3/t17-/m0/s1. The third-order valence-corrected chi connectivity index (χ3v) is 4.76. The first-order valence-corrected chi connectivity index (χ1v) is 9.11. The summed E-state index contributed by atoms with van der Waals surface area (Å²) in [5, 5.41) is 9.40. The molecule has 0 spiro atoms. The van der Waals surface area contributed by atoms with Crippen molar-refractivity contribution in [2.45, 2.75) is 32.9 Å². The molecule has 2 heterocycles. The van der Waals surface area contributed by atoms with E-state index in [-0.39, 0.29) is 6.61 Å². The van der Waals surface area contributed by atoms with Crippen LogP contribution in [-0.2, 0) is 6.54 Å². The first-order valence-electron chi connectivity index (χ1n) is 9.11. The van der Waals surface area contributed by atoms with E-state index in [1.807, 2.05) is 6.07 Å². The molecule has 1 aromatic rings. The average Bonchev–Trinajstić information content (AvgIpc) is 2.57. The molecular formula is C19H30N2O3. The molecule has 0 unspecified atom stereocenters. The van der Waals surface area contributed by atoms with Crippen molar-refractivity contribution >= 4 is 0 Å². The Bertz CT molecular complexity index is 535. The first kappa shape index (κ1) is 17.5. The summed E-state index contributed by atoms with van der Waals surface area (Å²) in [6, 6.07) is 6.71. The van der Waals surface area contributed by atoms with Gasteiger partial charge >= 0.3 is 0 Å². The fourth-order valence-corrected chi connectivity index (χ4v) is 3.68. The third kappa shape index (κ3) is 4.41. The molecule has 0 radical (unpaired) electrons. The minimum Gasteiger partial charge on any atom is -0.486 e. The number of ether oxygens (including phenoxy) is 2. The van der Waals surface area contributed by atoms with E-state index in [0.29, 0.717) is 25.2 Å². The summed E-state index contributed by atoms with van der Waals surface area (Å²) in [7, 11) is 0. The van der Waals surface area contributed by atoms with Gasteiger partial charge in [0.2, 0.25) is 0 Å². The van der Waals surface area contributed by atoms with Crippen molar-refractivity contribution in [3.63, 3.8) is 0 Å². The van der Waals surface area contributed by atoms with Crippen LogP contribution in [0.2, 0.25) is 0 Å². The Kier molecular flexibility index (Phi) is 5.98. The number of hydrogen-bond acceptors (Lipinski definition) is 5. The van der Waals surface area contributed by atoms with Gasteiger partial charge in [0.1, 0.15) is 13.2 Å². The van der Waals surface area contributed by atoms with Crippen LogP contribution >= 0.6 is 0 Å². The summed E-state index contributed by atoms with van der Waals surface area (Å²) in [6.45, 7) is 11.2. The number of nitrogens with zero attached hydrogens (tertiary/aromatic N) is 2. The fraction of sp³-hybridized carbons (Fsp3) is 0.684. The van der Waals surface area contributed by atoms with E-state index in [4.69, 9.17) is 9.47 Å². The average molecular weight is 334 g/mol. The SMILES string of the molecule is CC(C)CN1CCN(Cc2ccc3c(c2)OCCO3)C[C@@H]1CCO. The van der Waals surface area contributed by atoms with Crippen LogP contribution in [-0.4, -0.2) is 66.9 Å². The fourth-order valence-electron chi connectivity index (χ4n) is 3.68. The third-order valence-electron chi connectivity index (χ3n) is 4.76. The molecule has 5 heteroatoms. The molecule has 3 rings (SSSR count). The van der Waals surface area contributed by atoms with Crippen molar-refractivity contribution in [2.24, 2.45) is 5.92 Å². The molecule has 0 saturated carbocycles. The Labute approximate surface area is 145 Å². The van der Waals surface area contributed by atoms with Crippen molar-refractivity contribution in [1.82, 2.24) is 9.80 Å². The van der Waals surface area contributed by atoms with Crippen LogP contribution in [0.25, 0.3) is 0 Å². The minimum absolute atomic E-state index is 0.261. The molecule has 1 N–H and O–H groups in total. The van der Waals surface area contributed by atoms with Crippen LogP contribution in [0.15, 0.2) is 18.2 Å². The molecule has 1 atom stereocenters. The van der Waals surface area contributed by atoms with E-state index in [0.717, 1.165) is 50.6 Å². The molecular weight excluding hydrogens is 304 g/mol. The first-order chi connectivity index (χ1) is 11.7. The Morgan fingerprint density at radius 3 is 2.71 bits per heavy atom. The summed E-state index contributed by atoms with van der Waals surface area (Å²) in [5.41, 5.74) is 1.26. The van der Waals surface area contributed by atoms with E-state index < -0.39 is 0 Å². The highest BCUT2D eigenvalue weighted by atomic mass is 16.6. The van der Waals surface area contributed by atoms with Gasteiger partial charge in [0.25, 0.3) is 0 Å². The summed E-state index contributed by atoms with van der Waals surface area (Å²) in [6.07, 6.45) is 0.852. The molecule has 1 fully saturated rings. The van der Waals surface area contributed by atoms with Crippen LogP contribution in [0.5, 0.6) is 11.5 Å². The quantitative estimate of drug-likeness (QED) is 0.862. The highest BCUT2D eigenvalue weighted by molar-refractivity contribution is 5.43. The second kappa shape index (κ2) is 8.19. The predicted molar refractivity (Wildman–Crippen MR) is 94.6 cm³/mol. The normalized spacial score (nSPS) is 22.1. The van der Waals surface area contributed by atoms with Gasteiger partial charge in [0, 0.05) is 45.4 Å². The maximum atomic E-state index is 9.40. The van der Waals surface area contributed by atoms with Gasteiger partial charge in [-0.25, -0.2) is 0 Å². The lowest BCUT2D eigenvalue weighted by Gasteiger charge is -2.42. The van der Waals surface area contributed by atoms with E-state index in [2.05, 4.69) is 35.8 Å². The van der Waals surface area contributed by atoms with Gasteiger partial charge in [-0.1, -0.05) is 19.9 Å². The smallest absolute Gasteiger partial charge is 0.161 e. The van der Waals surface area contributed by atoms with Crippen LogP contribution in [0.3, 0.4) is 0 Å². The maximum absolute atomic E-state index is 9.40. The molecule has 1 aromatic carbocycles. The lowest BCUT2D eigenvalue weighted by Crippen LogP contribution is -2.53. The van der Waals surface area contributed by atoms with Crippen molar-refractivity contribution in [2.75, 3.05) is 46.0 Å². The molecule has 0 amide bonds. The van der Waals surface area contributed by atoms with E-state index >= 15 is 0 Å². The zero-order valence-electron chi connectivity index (χ0n) is 14.9. The number of fused-ring (bicyclic) bond motifs is 1. The largest absolute Gasteiger partial charge is 0.486 e. The van der Waals surface area contributed by atoms with Crippen LogP contribution in [0.1, 0.15) is 25.8 Å². The van der Waals surface area contributed by atoms with Gasteiger partial charge < -0.3 is 14.6 Å². The molecule has 0 aromatic heterocycles. The Morgan fingerprint density at radius 1 is 1.17 bits per heavy atom. The van der Waals surface area contributed by atoms with Gasteiger partial charge in [-0.2, -0.15) is 0 Å². The Hall–Kier alpha value is -1.30. The number of piperazine rings is 1. The lowest BCUT2D eigenvalue weighted by molar-refractivity contribution is 0.0476. The van der Waals surface area contributed by atoms with Gasteiger partial charge in [-0.15, -0.1) is 0 Å². The second-order valence-corrected chi connectivity index (χ2v) is 7.27. The Balaban J connectivity index is 1.61. The van der Waals surface area contributed by atoms with Crippen LogP contribution in [0, 0.1) is 5.92 Å². The van der Waals surface area contributed by atoms with Crippen molar-refractivity contribution in [1.29, 1.82) is 0 Å². The molecule has 2 aliphatic rings. The van der Waals surface area contributed by atoms with Crippen molar-refractivity contribution in [3.05, 3.63) is 23.8 Å². The minimum atomic E-state index is 0.261. The zero-order valence-corrected chi connectivity index (χ0v) is 14.9. The lowest BCUT2D eigenvalue weighted by atomic mass is 10.1. The van der Waals surface area contributed by atoms with E-state index in [9.17, 15) is 5.11 Å². The summed E-state index contributed by atoms with van der Waals surface area (Å²) < 4.78 is 11.3. The predicted octanol–water partition coefficient (Wildman–Crippen LogP) is 1.98. The molecule has 24 heavy (non-hydrogen) atoms. The number of aliphatic hydroxyl groups is 1. The number of rotatable bonds is 6.